The third-order valence-corrected chi connectivity index (χ3v) is 2.67. The van der Waals surface area contributed by atoms with Gasteiger partial charge in [0.15, 0.2) is 4.73 Å². The van der Waals surface area contributed by atoms with Crippen LogP contribution in [0.25, 0.3) is 5.82 Å². The summed E-state index contributed by atoms with van der Waals surface area (Å²) in [4.78, 5) is 8.29. The van der Waals surface area contributed by atoms with Crippen LogP contribution in [0.3, 0.4) is 0 Å². The summed E-state index contributed by atoms with van der Waals surface area (Å²) in [5.41, 5.74) is 0. The molecule has 0 unspecified atom stereocenters. The number of hydrogen-bond donors (Lipinski definition) is 0. The molecular weight excluding hydrogens is 298 g/mol. The van der Waals surface area contributed by atoms with Crippen LogP contribution in [0.5, 0.6) is 0 Å². The average molecular weight is 303 g/mol. The Kier molecular flexibility index (Phi) is 2.46. The van der Waals surface area contributed by atoms with Gasteiger partial charge in [0.05, 0.1) is 6.20 Å². The van der Waals surface area contributed by atoms with Gasteiger partial charge in [-0.3, -0.25) is 4.57 Å². The number of imidazole rings is 1. The summed E-state index contributed by atoms with van der Waals surface area (Å²) in [6.07, 6.45) is 3.47. The largest absolute Gasteiger partial charge is 0.265 e. The minimum atomic E-state index is 0.734. The van der Waals surface area contributed by atoms with E-state index in [-0.39, 0.29) is 0 Å². The van der Waals surface area contributed by atoms with Crippen molar-refractivity contribution >= 4 is 31.9 Å². The van der Waals surface area contributed by atoms with Crippen molar-refractivity contribution in [2.75, 3.05) is 0 Å². The molecule has 0 spiro atoms. The molecule has 0 radical (unpaired) electrons. The second-order valence-electron chi connectivity index (χ2n) is 2.37. The van der Waals surface area contributed by atoms with Crippen LogP contribution in [-0.2, 0) is 0 Å². The molecule has 0 amide bonds. The Hall–Kier alpha value is -0.680. The Bertz CT molecular complexity index is 391. The summed E-state index contributed by atoms with van der Waals surface area (Å²) in [6.45, 7) is 0. The van der Waals surface area contributed by atoms with Crippen LogP contribution < -0.4 is 0 Å². The van der Waals surface area contributed by atoms with Gasteiger partial charge in [-0.05, 0) is 44.0 Å². The standard InChI is InChI=1S/C8H5Br2N3/c9-6-5-12-8(10)13(6)7-3-1-2-4-11-7/h1-5H. The third-order valence-electron chi connectivity index (χ3n) is 1.55. The molecule has 0 saturated heterocycles. The van der Waals surface area contributed by atoms with Crippen LogP contribution in [-0.4, -0.2) is 14.5 Å². The van der Waals surface area contributed by atoms with Crippen molar-refractivity contribution in [3.63, 3.8) is 0 Å². The Morgan fingerprint density at radius 3 is 2.54 bits per heavy atom. The fraction of sp³-hybridized carbons (Fsp3) is 0. The minimum absolute atomic E-state index is 0.734. The molecule has 2 aromatic rings. The molecule has 2 aromatic heterocycles. The summed E-state index contributed by atoms with van der Waals surface area (Å²) in [6, 6.07) is 5.72. The molecule has 66 valence electrons. The normalized spacial score (nSPS) is 10.3. The summed E-state index contributed by atoms with van der Waals surface area (Å²) in [5.74, 6) is 0.832. The van der Waals surface area contributed by atoms with E-state index >= 15 is 0 Å². The van der Waals surface area contributed by atoms with E-state index in [0.29, 0.717) is 0 Å². The van der Waals surface area contributed by atoms with E-state index in [1.807, 2.05) is 22.8 Å². The maximum absolute atomic E-state index is 4.21. The van der Waals surface area contributed by atoms with Gasteiger partial charge in [0.25, 0.3) is 0 Å². The quantitative estimate of drug-likeness (QED) is 0.811. The maximum atomic E-state index is 4.21. The van der Waals surface area contributed by atoms with E-state index in [1.165, 1.54) is 0 Å². The van der Waals surface area contributed by atoms with Crippen LogP contribution in [0.15, 0.2) is 39.9 Å². The number of halogens is 2. The molecule has 5 heteroatoms. The second kappa shape index (κ2) is 3.59. The number of hydrogen-bond acceptors (Lipinski definition) is 2. The van der Waals surface area contributed by atoms with Gasteiger partial charge in [-0.2, -0.15) is 0 Å². The van der Waals surface area contributed by atoms with Crippen molar-refractivity contribution in [3.05, 3.63) is 39.9 Å². The number of nitrogens with zero attached hydrogens (tertiary/aromatic N) is 3. The van der Waals surface area contributed by atoms with E-state index in [2.05, 4.69) is 41.8 Å². The average Bonchev–Trinajstić information content (AvgIpc) is 2.48. The van der Waals surface area contributed by atoms with E-state index in [9.17, 15) is 0 Å². The molecule has 2 rings (SSSR count). The molecule has 0 fully saturated rings. The summed E-state index contributed by atoms with van der Waals surface area (Å²) in [5, 5.41) is 0. The molecule has 0 atom stereocenters. The Morgan fingerprint density at radius 1 is 1.15 bits per heavy atom. The zero-order chi connectivity index (χ0) is 9.26. The first-order chi connectivity index (χ1) is 6.29. The summed E-state index contributed by atoms with van der Waals surface area (Å²) >= 11 is 6.72. The van der Waals surface area contributed by atoms with Crippen LogP contribution in [0.2, 0.25) is 0 Å². The molecule has 0 aliphatic heterocycles. The lowest BCUT2D eigenvalue weighted by Crippen LogP contribution is -1.96. The molecule has 0 aliphatic rings. The molecule has 0 saturated carbocycles. The molecule has 2 heterocycles. The van der Waals surface area contributed by atoms with Gasteiger partial charge in [0.1, 0.15) is 10.4 Å². The van der Waals surface area contributed by atoms with Crippen molar-refractivity contribution in [2.24, 2.45) is 0 Å². The van der Waals surface area contributed by atoms with E-state index in [4.69, 9.17) is 0 Å². The van der Waals surface area contributed by atoms with E-state index in [0.717, 1.165) is 15.2 Å². The van der Waals surface area contributed by atoms with Gasteiger partial charge >= 0.3 is 0 Å². The van der Waals surface area contributed by atoms with Crippen LogP contribution >= 0.6 is 31.9 Å². The molecule has 0 aromatic carbocycles. The maximum Gasteiger partial charge on any atom is 0.183 e. The predicted molar refractivity (Wildman–Crippen MR) is 56.8 cm³/mol. The van der Waals surface area contributed by atoms with Crippen LogP contribution in [0.4, 0.5) is 0 Å². The monoisotopic (exact) mass is 301 g/mol. The van der Waals surface area contributed by atoms with Gasteiger partial charge in [0, 0.05) is 6.20 Å². The molecule has 0 aliphatic carbocycles. The highest BCUT2D eigenvalue weighted by Gasteiger charge is 2.06. The minimum Gasteiger partial charge on any atom is -0.265 e. The van der Waals surface area contributed by atoms with Gasteiger partial charge in [-0.15, -0.1) is 0 Å². The van der Waals surface area contributed by atoms with Crippen molar-refractivity contribution in [3.8, 4) is 5.82 Å². The molecule has 3 nitrogen and oxygen atoms in total. The van der Waals surface area contributed by atoms with E-state index < -0.39 is 0 Å². The van der Waals surface area contributed by atoms with Gasteiger partial charge in [-0.25, -0.2) is 9.97 Å². The number of rotatable bonds is 1. The smallest absolute Gasteiger partial charge is 0.183 e. The predicted octanol–water partition coefficient (Wildman–Crippen LogP) is 2.79. The van der Waals surface area contributed by atoms with Crippen molar-refractivity contribution in [2.45, 2.75) is 0 Å². The number of aromatic nitrogens is 3. The van der Waals surface area contributed by atoms with Crippen molar-refractivity contribution < 1.29 is 0 Å². The zero-order valence-corrected chi connectivity index (χ0v) is 9.66. The van der Waals surface area contributed by atoms with Crippen molar-refractivity contribution in [1.82, 2.24) is 14.5 Å². The highest BCUT2D eigenvalue weighted by Crippen LogP contribution is 2.21. The lowest BCUT2D eigenvalue weighted by atomic mass is 10.5. The first kappa shape index (κ1) is 8.90. The van der Waals surface area contributed by atoms with Crippen LogP contribution in [0, 0.1) is 0 Å². The summed E-state index contributed by atoms with van der Waals surface area (Å²) in [7, 11) is 0. The molecule has 0 bridgehead atoms. The van der Waals surface area contributed by atoms with Gasteiger partial charge in [-0.1, -0.05) is 6.07 Å². The highest BCUT2D eigenvalue weighted by atomic mass is 79.9. The van der Waals surface area contributed by atoms with Crippen LogP contribution in [0.1, 0.15) is 0 Å². The van der Waals surface area contributed by atoms with Crippen molar-refractivity contribution in [1.29, 1.82) is 0 Å². The zero-order valence-electron chi connectivity index (χ0n) is 6.48. The fourth-order valence-electron chi connectivity index (χ4n) is 1.00. The third kappa shape index (κ3) is 1.66. The highest BCUT2D eigenvalue weighted by molar-refractivity contribution is 9.11. The number of pyridine rings is 1. The van der Waals surface area contributed by atoms with E-state index in [1.54, 1.807) is 12.4 Å². The first-order valence-electron chi connectivity index (χ1n) is 3.59. The Labute approximate surface area is 92.1 Å². The summed E-state index contributed by atoms with van der Waals surface area (Å²) < 4.78 is 3.47. The van der Waals surface area contributed by atoms with Gasteiger partial charge < -0.3 is 0 Å². The molecule has 13 heavy (non-hydrogen) atoms. The second-order valence-corrected chi connectivity index (χ2v) is 3.90. The Balaban J connectivity index is 2.59. The SMILES string of the molecule is Brc1cnc(Br)n1-c1ccccn1. The fourth-order valence-corrected chi connectivity index (χ4v) is 2.17. The lowest BCUT2D eigenvalue weighted by Gasteiger charge is -2.02. The molecular formula is C8H5Br2N3. The molecule has 0 N–H and O–H groups in total. The van der Waals surface area contributed by atoms with Gasteiger partial charge in [0.2, 0.25) is 0 Å². The first-order valence-corrected chi connectivity index (χ1v) is 5.18. The lowest BCUT2D eigenvalue weighted by molar-refractivity contribution is 0.942. The Morgan fingerprint density at radius 2 is 2.00 bits per heavy atom. The topological polar surface area (TPSA) is 30.7 Å².